The first kappa shape index (κ1) is 12.8. The molecular formula is C13H26N4O. The fourth-order valence-corrected chi connectivity index (χ4v) is 4.01. The third-order valence-corrected chi connectivity index (χ3v) is 4.74. The van der Waals surface area contributed by atoms with Gasteiger partial charge in [-0.05, 0) is 24.8 Å². The van der Waals surface area contributed by atoms with Gasteiger partial charge in [0.2, 0.25) is 0 Å². The van der Waals surface area contributed by atoms with Crippen LogP contribution in [-0.4, -0.2) is 54.7 Å². The lowest BCUT2D eigenvalue weighted by Gasteiger charge is -2.43. The normalized spacial score (nSPS) is 44.2. The van der Waals surface area contributed by atoms with Crippen LogP contribution in [0.1, 0.15) is 26.7 Å². The second kappa shape index (κ2) is 4.72. The van der Waals surface area contributed by atoms with Crippen molar-refractivity contribution in [2.75, 3.05) is 26.4 Å². The summed E-state index contributed by atoms with van der Waals surface area (Å²) in [5.74, 6) is 0.613. The first-order chi connectivity index (χ1) is 8.61. The summed E-state index contributed by atoms with van der Waals surface area (Å²) in [6, 6.07) is 0.317. The standard InChI is InChI=1S/C13H26N4O/c1-13(2)5-9(6-18)17(7-13)12-10-3-4-14-11(10)15-8-16-12/h9-12,14-16,18H,3-8H2,1-2H3/t9-,10?,11?,12?/m0/s1. The molecular weight excluding hydrogens is 228 g/mol. The minimum Gasteiger partial charge on any atom is -0.395 e. The van der Waals surface area contributed by atoms with Crippen molar-refractivity contribution in [1.29, 1.82) is 0 Å². The number of nitrogens with one attached hydrogen (secondary N) is 3. The van der Waals surface area contributed by atoms with E-state index in [1.165, 1.54) is 6.42 Å². The number of aliphatic hydroxyl groups excluding tert-OH is 1. The van der Waals surface area contributed by atoms with Crippen LogP contribution in [0.2, 0.25) is 0 Å². The van der Waals surface area contributed by atoms with Gasteiger partial charge in [-0.2, -0.15) is 0 Å². The molecule has 3 aliphatic rings. The third kappa shape index (κ3) is 2.18. The Morgan fingerprint density at radius 3 is 2.89 bits per heavy atom. The molecule has 0 radical (unpaired) electrons. The Morgan fingerprint density at radius 2 is 2.11 bits per heavy atom. The zero-order chi connectivity index (χ0) is 12.8. The number of hydrogen-bond acceptors (Lipinski definition) is 5. The minimum absolute atomic E-state index is 0.278. The molecule has 0 amide bonds. The molecule has 4 N–H and O–H groups in total. The summed E-state index contributed by atoms with van der Waals surface area (Å²) in [6.45, 7) is 7.93. The Balaban J connectivity index is 1.76. The Bertz CT molecular complexity index is 309. The van der Waals surface area contributed by atoms with Gasteiger partial charge in [-0.25, -0.2) is 0 Å². The average Bonchev–Trinajstić information content (AvgIpc) is 2.91. The molecule has 0 spiro atoms. The van der Waals surface area contributed by atoms with Gasteiger partial charge in [0.1, 0.15) is 0 Å². The van der Waals surface area contributed by atoms with Crippen LogP contribution in [0.25, 0.3) is 0 Å². The van der Waals surface area contributed by atoms with Crippen LogP contribution in [-0.2, 0) is 0 Å². The van der Waals surface area contributed by atoms with Crippen molar-refractivity contribution >= 4 is 0 Å². The second-order valence-corrected chi connectivity index (χ2v) is 6.79. The van der Waals surface area contributed by atoms with E-state index in [1.807, 2.05) is 0 Å². The van der Waals surface area contributed by atoms with Crippen LogP contribution in [0.15, 0.2) is 0 Å². The van der Waals surface area contributed by atoms with Crippen LogP contribution in [0.5, 0.6) is 0 Å². The molecule has 3 fully saturated rings. The van der Waals surface area contributed by atoms with Crippen molar-refractivity contribution in [3.05, 3.63) is 0 Å². The number of hydrogen-bond donors (Lipinski definition) is 4. The lowest BCUT2D eigenvalue weighted by Crippen LogP contribution is -2.65. The van der Waals surface area contributed by atoms with Crippen molar-refractivity contribution in [3.8, 4) is 0 Å². The van der Waals surface area contributed by atoms with Gasteiger partial charge in [0.25, 0.3) is 0 Å². The zero-order valence-electron chi connectivity index (χ0n) is 11.4. The van der Waals surface area contributed by atoms with E-state index in [1.54, 1.807) is 0 Å². The molecule has 0 saturated carbocycles. The molecule has 4 atom stereocenters. The number of fused-ring (bicyclic) bond motifs is 1. The summed E-state index contributed by atoms with van der Waals surface area (Å²) in [5.41, 5.74) is 0.321. The summed E-state index contributed by atoms with van der Waals surface area (Å²) in [4.78, 5) is 2.51. The van der Waals surface area contributed by atoms with Crippen molar-refractivity contribution in [2.24, 2.45) is 11.3 Å². The maximum absolute atomic E-state index is 9.64. The monoisotopic (exact) mass is 254 g/mol. The molecule has 3 saturated heterocycles. The number of rotatable bonds is 2. The SMILES string of the molecule is CC1(C)C[C@@H](CO)N(C2NCNC3NCCC32)C1. The van der Waals surface area contributed by atoms with Gasteiger partial charge < -0.3 is 10.4 Å². The van der Waals surface area contributed by atoms with E-state index >= 15 is 0 Å². The fraction of sp³-hybridized carbons (Fsp3) is 1.00. The number of likely N-dealkylation sites (tertiary alicyclic amines) is 1. The van der Waals surface area contributed by atoms with Gasteiger partial charge in [-0.15, -0.1) is 0 Å². The van der Waals surface area contributed by atoms with Crippen molar-refractivity contribution in [3.63, 3.8) is 0 Å². The lowest BCUT2D eigenvalue weighted by molar-refractivity contribution is 0.0358. The van der Waals surface area contributed by atoms with Gasteiger partial charge in [-0.3, -0.25) is 15.5 Å². The highest BCUT2D eigenvalue weighted by Crippen LogP contribution is 2.37. The number of nitrogens with zero attached hydrogens (tertiary/aromatic N) is 1. The van der Waals surface area contributed by atoms with E-state index in [2.05, 4.69) is 34.7 Å². The van der Waals surface area contributed by atoms with Crippen LogP contribution < -0.4 is 16.0 Å². The molecule has 0 aromatic carbocycles. The van der Waals surface area contributed by atoms with Gasteiger partial charge in [0, 0.05) is 25.2 Å². The van der Waals surface area contributed by atoms with Crippen LogP contribution in [0.3, 0.4) is 0 Å². The van der Waals surface area contributed by atoms with E-state index in [9.17, 15) is 5.11 Å². The maximum atomic E-state index is 9.64. The molecule has 0 aliphatic carbocycles. The second-order valence-electron chi connectivity index (χ2n) is 6.79. The lowest BCUT2D eigenvalue weighted by atomic mass is 9.91. The molecule has 5 heteroatoms. The summed E-state index contributed by atoms with van der Waals surface area (Å²) in [6.07, 6.45) is 3.16. The third-order valence-electron chi connectivity index (χ3n) is 4.74. The molecule has 0 aromatic rings. The largest absolute Gasteiger partial charge is 0.395 e. The van der Waals surface area contributed by atoms with E-state index in [4.69, 9.17) is 0 Å². The predicted octanol–water partition coefficient (Wildman–Crippen LogP) is -0.509. The molecule has 5 nitrogen and oxygen atoms in total. The van der Waals surface area contributed by atoms with Crippen molar-refractivity contribution < 1.29 is 5.11 Å². The highest BCUT2D eigenvalue weighted by molar-refractivity contribution is 4.99. The highest BCUT2D eigenvalue weighted by atomic mass is 16.3. The fourth-order valence-electron chi connectivity index (χ4n) is 4.01. The smallest absolute Gasteiger partial charge is 0.0667 e. The van der Waals surface area contributed by atoms with E-state index in [-0.39, 0.29) is 6.61 Å². The average molecular weight is 254 g/mol. The molecule has 3 heterocycles. The molecule has 104 valence electrons. The first-order valence-electron chi connectivity index (χ1n) is 7.17. The predicted molar refractivity (Wildman–Crippen MR) is 70.8 cm³/mol. The van der Waals surface area contributed by atoms with Gasteiger partial charge >= 0.3 is 0 Å². The summed E-state index contributed by atoms with van der Waals surface area (Å²) in [5, 5.41) is 20.2. The Labute approximate surface area is 109 Å². The van der Waals surface area contributed by atoms with Gasteiger partial charge in [-0.1, -0.05) is 13.8 Å². The minimum atomic E-state index is 0.278. The molecule has 18 heavy (non-hydrogen) atoms. The summed E-state index contributed by atoms with van der Waals surface area (Å²) < 4.78 is 0. The van der Waals surface area contributed by atoms with Gasteiger partial charge in [0.05, 0.1) is 18.9 Å². The first-order valence-corrected chi connectivity index (χ1v) is 7.17. The van der Waals surface area contributed by atoms with Crippen LogP contribution in [0.4, 0.5) is 0 Å². The van der Waals surface area contributed by atoms with Gasteiger partial charge in [0.15, 0.2) is 0 Å². The summed E-state index contributed by atoms with van der Waals surface area (Å²) >= 11 is 0. The Kier molecular flexibility index (Phi) is 3.36. The van der Waals surface area contributed by atoms with Crippen molar-refractivity contribution in [1.82, 2.24) is 20.9 Å². The molecule has 0 aromatic heterocycles. The van der Waals surface area contributed by atoms with Crippen molar-refractivity contribution in [2.45, 2.75) is 45.1 Å². The Hall–Kier alpha value is -0.200. The number of aliphatic hydroxyl groups is 1. The van der Waals surface area contributed by atoms with Crippen LogP contribution >= 0.6 is 0 Å². The van der Waals surface area contributed by atoms with E-state index < -0.39 is 0 Å². The van der Waals surface area contributed by atoms with E-state index in [0.717, 1.165) is 26.2 Å². The van der Waals surface area contributed by atoms with Crippen LogP contribution in [0, 0.1) is 11.3 Å². The highest BCUT2D eigenvalue weighted by Gasteiger charge is 2.46. The Morgan fingerprint density at radius 1 is 1.28 bits per heavy atom. The quantitative estimate of drug-likeness (QED) is 0.535. The zero-order valence-corrected chi connectivity index (χ0v) is 11.4. The topological polar surface area (TPSA) is 59.6 Å². The molecule has 0 bridgehead atoms. The summed E-state index contributed by atoms with van der Waals surface area (Å²) in [7, 11) is 0. The maximum Gasteiger partial charge on any atom is 0.0667 e. The molecule has 3 aliphatic heterocycles. The van der Waals surface area contributed by atoms with E-state index in [0.29, 0.717) is 29.7 Å². The molecule has 3 rings (SSSR count). The molecule has 3 unspecified atom stereocenters.